The highest BCUT2D eigenvalue weighted by Crippen LogP contribution is 2.30. The molecular weight excluding hydrogens is 184 g/mol. The Balaban J connectivity index is 2.57. The van der Waals surface area contributed by atoms with Gasteiger partial charge in [-0.15, -0.1) is 6.58 Å². The predicted molar refractivity (Wildman–Crippen MR) is 67.1 cm³/mol. The van der Waals surface area contributed by atoms with Gasteiger partial charge >= 0.3 is 0 Å². The van der Waals surface area contributed by atoms with Crippen molar-refractivity contribution in [1.29, 1.82) is 0 Å². The minimum atomic E-state index is 0.507. The van der Waals surface area contributed by atoms with Crippen molar-refractivity contribution >= 4 is 0 Å². The van der Waals surface area contributed by atoms with Gasteiger partial charge in [-0.05, 0) is 38.6 Å². The lowest BCUT2D eigenvalue weighted by atomic mass is 9.83. The molecule has 2 nitrogen and oxygen atoms in total. The van der Waals surface area contributed by atoms with Crippen molar-refractivity contribution in [3.8, 4) is 0 Å². The third kappa shape index (κ3) is 3.32. The van der Waals surface area contributed by atoms with E-state index in [1.807, 2.05) is 6.08 Å². The fraction of sp³-hybridized carbons (Fsp3) is 0.846. The SMILES string of the molecule is C=CCN(CC1(CC)CCNC1)C(C)C. The van der Waals surface area contributed by atoms with E-state index in [4.69, 9.17) is 0 Å². The van der Waals surface area contributed by atoms with Gasteiger partial charge in [0, 0.05) is 25.7 Å². The molecule has 15 heavy (non-hydrogen) atoms. The van der Waals surface area contributed by atoms with Gasteiger partial charge in [0.05, 0.1) is 0 Å². The zero-order chi connectivity index (χ0) is 11.3. The summed E-state index contributed by atoms with van der Waals surface area (Å²) in [5.74, 6) is 0. The maximum Gasteiger partial charge on any atom is 0.0163 e. The van der Waals surface area contributed by atoms with Crippen LogP contribution in [0.5, 0.6) is 0 Å². The van der Waals surface area contributed by atoms with Gasteiger partial charge in [-0.25, -0.2) is 0 Å². The lowest BCUT2D eigenvalue weighted by Gasteiger charge is -2.36. The Morgan fingerprint density at radius 2 is 2.27 bits per heavy atom. The molecule has 0 aromatic heterocycles. The molecule has 1 rings (SSSR count). The monoisotopic (exact) mass is 210 g/mol. The minimum Gasteiger partial charge on any atom is -0.316 e. The van der Waals surface area contributed by atoms with Crippen LogP contribution >= 0.6 is 0 Å². The summed E-state index contributed by atoms with van der Waals surface area (Å²) in [6.45, 7) is 15.3. The number of nitrogens with zero attached hydrogens (tertiary/aromatic N) is 1. The smallest absolute Gasteiger partial charge is 0.0163 e. The van der Waals surface area contributed by atoms with Gasteiger partial charge in [0.1, 0.15) is 0 Å². The molecule has 0 radical (unpaired) electrons. The summed E-state index contributed by atoms with van der Waals surface area (Å²) in [6, 6.07) is 0.618. The highest BCUT2D eigenvalue weighted by atomic mass is 15.2. The van der Waals surface area contributed by atoms with Crippen molar-refractivity contribution in [2.75, 3.05) is 26.2 Å². The summed E-state index contributed by atoms with van der Waals surface area (Å²) in [6.07, 6.45) is 4.62. The second kappa shape index (κ2) is 5.66. The molecule has 1 fully saturated rings. The van der Waals surface area contributed by atoms with Crippen LogP contribution in [-0.2, 0) is 0 Å². The lowest BCUT2D eigenvalue weighted by Crippen LogP contribution is -2.42. The minimum absolute atomic E-state index is 0.507. The van der Waals surface area contributed by atoms with Crippen LogP contribution in [0.1, 0.15) is 33.6 Å². The molecule has 0 aromatic rings. The molecule has 1 heterocycles. The van der Waals surface area contributed by atoms with Crippen molar-refractivity contribution in [3.63, 3.8) is 0 Å². The molecule has 0 saturated carbocycles. The third-order valence-corrected chi connectivity index (χ3v) is 3.71. The highest BCUT2D eigenvalue weighted by Gasteiger charge is 2.33. The Hall–Kier alpha value is -0.340. The van der Waals surface area contributed by atoms with E-state index in [1.165, 1.54) is 32.5 Å². The molecule has 1 unspecified atom stereocenters. The maximum atomic E-state index is 3.85. The summed E-state index contributed by atoms with van der Waals surface area (Å²) < 4.78 is 0. The first kappa shape index (κ1) is 12.7. The summed E-state index contributed by atoms with van der Waals surface area (Å²) in [4.78, 5) is 2.53. The molecule has 2 heteroatoms. The van der Waals surface area contributed by atoms with Crippen molar-refractivity contribution in [2.45, 2.75) is 39.7 Å². The summed E-state index contributed by atoms with van der Waals surface area (Å²) >= 11 is 0. The average Bonchev–Trinajstić information content (AvgIpc) is 2.66. The maximum absolute atomic E-state index is 3.85. The van der Waals surface area contributed by atoms with Crippen molar-refractivity contribution < 1.29 is 0 Å². The standard InChI is InChI=1S/C13H26N2/c1-5-9-15(12(3)4)11-13(6-2)7-8-14-10-13/h5,12,14H,1,6-11H2,2-4H3. The Morgan fingerprint density at radius 1 is 1.53 bits per heavy atom. The zero-order valence-corrected chi connectivity index (χ0v) is 10.6. The number of rotatable bonds is 6. The quantitative estimate of drug-likeness (QED) is 0.677. The van der Waals surface area contributed by atoms with E-state index in [-0.39, 0.29) is 0 Å². The normalized spacial score (nSPS) is 26.5. The number of hydrogen-bond acceptors (Lipinski definition) is 2. The topological polar surface area (TPSA) is 15.3 Å². The van der Waals surface area contributed by atoms with Crippen LogP contribution in [0.25, 0.3) is 0 Å². The molecule has 1 N–H and O–H groups in total. The predicted octanol–water partition coefficient (Wildman–Crippen LogP) is 2.27. The zero-order valence-electron chi connectivity index (χ0n) is 10.6. The summed E-state index contributed by atoms with van der Waals surface area (Å²) in [5.41, 5.74) is 0.507. The average molecular weight is 210 g/mol. The van der Waals surface area contributed by atoms with E-state index in [9.17, 15) is 0 Å². The van der Waals surface area contributed by atoms with Crippen LogP contribution in [0.2, 0.25) is 0 Å². The van der Waals surface area contributed by atoms with Crippen LogP contribution < -0.4 is 5.32 Å². The highest BCUT2D eigenvalue weighted by molar-refractivity contribution is 4.91. The van der Waals surface area contributed by atoms with Gasteiger partial charge < -0.3 is 5.32 Å². The van der Waals surface area contributed by atoms with Crippen LogP contribution in [0.4, 0.5) is 0 Å². The fourth-order valence-corrected chi connectivity index (χ4v) is 2.40. The van der Waals surface area contributed by atoms with Gasteiger partial charge in [-0.1, -0.05) is 13.0 Å². The van der Waals surface area contributed by atoms with Gasteiger partial charge in [0.2, 0.25) is 0 Å². The first-order valence-electron chi connectivity index (χ1n) is 6.19. The number of hydrogen-bond donors (Lipinski definition) is 1. The molecule has 0 amide bonds. The second-order valence-corrected chi connectivity index (χ2v) is 5.09. The van der Waals surface area contributed by atoms with Gasteiger partial charge in [0.25, 0.3) is 0 Å². The van der Waals surface area contributed by atoms with E-state index >= 15 is 0 Å². The molecular formula is C13H26N2. The lowest BCUT2D eigenvalue weighted by molar-refractivity contribution is 0.142. The summed E-state index contributed by atoms with van der Waals surface area (Å²) in [7, 11) is 0. The Labute approximate surface area is 94.7 Å². The molecule has 88 valence electrons. The Kier molecular flexibility index (Phi) is 4.81. The fourth-order valence-electron chi connectivity index (χ4n) is 2.40. The van der Waals surface area contributed by atoms with E-state index < -0.39 is 0 Å². The van der Waals surface area contributed by atoms with Gasteiger partial charge in [-0.2, -0.15) is 0 Å². The molecule has 1 aliphatic rings. The first-order chi connectivity index (χ1) is 7.13. The van der Waals surface area contributed by atoms with Crippen LogP contribution in [0.3, 0.4) is 0 Å². The molecule has 1 aliphatic heterocycles. The largest absolute Gasteiger partial charge is 0.316 e. The van der Waals surface area contributed by atoms with Crippen LogP contribution in [0, 0.1) is 5.41 Å². The van der Waals surface area contributed by atoms with E-state index in [2.05, 4.69) is 37.6 Å². The number of nitrogens with one attached hydrogen (secondary N) is 1. The van der Waals surface area contributed by atoms with Crippen molar-refractivity contribution in [3.05, 3.63) is 12.7 Å². The molecule has 0 spiro atoms. The Morgan fingerprint density at radius 3 is 2.67 bits per heavy atom. The summed E-state index contributed by atoms with van der Waals surface area (Å²) in [5, 5.41) is 3.50. The van der Waals surface area contributed by atoms with Crippen LogP contribution in [0.15, 0.2) is 12.7 Å². The van der Waals surface area contributed by atoms with Crippen molar-refractivity contribution in [1.82, 2.24) is 10.2 Å². The first-order valence-corrected chi connectivity index (χ1v) is 6.19. The van der Waals surface area contributed by atoms with E-state index in [1.54, 1.807) is 0 Å². The van der Waals surface area contributed by atoms with Gasteiger partial charge in [-0.3, -0.25) is 4.90 Å². The van der Waals surface area contributed by atoms with Crippen LogP contribution in [-0.4, -0.2) is 37.1 Å². The van der Waals surface area contributed by atoms with E-state index in [0.29, 0.717) is 11.5 Å². The van der Waals surface area contributed by atoms with E-state index in [0.717, 1.165) is 6.54 Å². The third-order valence-electron chi connectivity index (χ3n) is 3.71. The Bertz CT molecular complexity index is 193. The second-order valence-electron chi connectivity index (χ2n) is 5.09. The molecule has 1 atom stereocenters. The molecule has 1 saturated heterocycles. The molecule has 0 bridgehead atoms. The van der Waals surface area contributed by atoms with Crippen molar-refractivity contribution in [2.24, 2.45) is 5.41 Å². The molecule has 0 aromatic carbocycles. The molecule has 0 aliphatic carbocycles. The van der Waals surface area contributed by atoms with Gasteiger partial charge in [0.15, 0.2) is 0 Å².